The monoisotopic (exact) mass is 175 g/mol. The van der Waals surface area contributed by atoms with Gasteiger partial charge in [-0.15, -0.1) is 0 Å². The summed E-state index contributed by atoms with van der Waals surface area (Å²) < 4.78 is 0. The summed E-state index contributed by atoms with van der Waals surface area (Å²) >= 11 is 0. The normalized spacial score (nSPS) is 10.9. The van der Waals surface area contributed by atoms with Crippen LogP contribution in [0.2, 0.25) is 0 Å². The van der Waals surface area contributed by atoms with Gasteiger partial charge in [-0.2, -0.15) is 0 Å². The third-order valence-corrected chi connectivity index (χ3v) is 2.41. The van der Waals surface area contributed by atoms with Crippen molar-refractivity contribution < 1.29 is 0 Å². The summed E-state index contributed by atoms with van der Waals surface area (Å²) in [6.07, 6.45) is 0. The van der Waals surface area contributed by atoms with Gasteiger partial charge in [0, 0.05) is 0 Å². The van der Waals surface area contributed by atoms with Gasteiger partial charge in [0.2, 0.25) is 0 Å². The van der Waals surface area contributed by atoms with Crippen LogP contribution in [0, 0.1) is 18.2 Å². The fourth-order valence-electron chi connectivity index (χ4n) is 1.69. The van der Waals surface area contributed by atoms with Gasteiger partial charge in [0.1, 0.15) is 0 Å². The molecule has 14 heavy (non-hydrogen) atoms. The summed E-state index contributed by atoms with van der Waals surface area (Å²) in [6.45, 7) is 0. The van der Waals surface area contributed by atoms with Crippen molar-refractivity contribution in [3.8, 4) is 0 Å². The first-order chi connectivity index (χ1) is 6.93. The van der Waals surface area contributed by atoms with E-state index in [1.54, 1.807) is 0 Å². The average Bonchev–Trinajstić information content (AvgIpc) is 2.26. The lowest BCUT2D eigenvalue weighted by Crippen LogP contribution is -1.75. The van der Waals surface area contributed by atoms with Crippen molar-refractivity contribution >= 4 is 21.5 Å². The number of rotatable bonds is 0. The Kier molecular flexibility index (Phi) is 1.54. The van der Waals surface area contributed by atoms with Crippen LogP contribution in [0.15, 0.2) is 42.5 Å². The number of hydrogen-bond acceptors (Lipinski definition) is 0. The Morgan fingerprint density at radius 2 is 1.79 bits per heavy atom. The molecule has 0 spiro atoms. The molecule has 63 valence electrons. The van der Waals surface area contributed by atoms with E-state index in [1.807, 2.05) is 18.2 Å². The fourth-order valence-corrected chi connectivity index (χ4v) is 1.69. The van der Waals surface area contributed by atoms with E-state index < -0.39 is 0 Å². The minimum atomic E-state index is 1.11. The third-order valence-electron chi connectivity index (χ3n) is 2.41. The largest absolute Gasteiger partial charge is 0.0537 e. The third kappa shape index (κ3) is 1.08. The lowest BCUT2D eigenvalue weighted by atomic mass is 10.0. The summed E-state index contributed by atoms with van der Waals surface area (Å²) in [5.74, 6) is 0. The van der Waals surface area contributed by atoms with Crippen LogP contribution in [0.3, 0.4) is 0 Å². The zero-order valence-corrected chi connectivity index (χ0v) is 7.54. The van der Waals surface area contributed by atoms with E-state index in [4.69, 9.17) is 0 Å². The van der Waals surface area contributed by atoms with Crippen molar-refractivity contribution in [2.24, 2.45) is 0 Å². The highest BCUT2D eigenvalue weighted by Crippen LogP contribution is 2.21. The lowest BCUT2D eigenvalue weighted by Gasteiger charge is -2.00. The highest BCUT2D eigenvalue weighted by atomic mass is 14.0. The minimum absolute atomic E-state index is 1.11. The van der Waals surface area contributed by atoms with Gasteiger partial charge in [0.25, 0.3) is 0 Å². The maximum absolute atomic E-state index is 3.10. The van der Waals surface area contributed by atoms with Crippen LogP contribution in [-0.4, -0.2) is 0 Å². The van der Waals surface area contributed by atoms with E-state index in [0.717, 1.165) is 5.39 Å². The highest BCUT2D eigenvalue weighted by molar-refractivity contribution is 5.97. The first-order valence-corrected chi connectivity index (χ1v) is 4.55. The van der Waals surface area contributed by atoms with E-state index in [1.165, 1.54) is 16.2 Å². The molecule has 0 atom stereocenters. The number of hydrogen-bond donors (Lipinski definition) is 0. The summed E-state index contributed by atoms with van der Waals surface area (Å²) in [5.41, 5.74) is 0. The predicted octanol–water partition coefficient (Wildman–Crippen LogP) is 3.39. The van der Waals surface area contributed by atoms with Gasteiger partial charge in [-0.25, -0.2) is 0 Å². The molecule has 0 amide bonds. The molecular formula is C14H7. The molecule has 3 aromatic rings. The first-order valence-electron chi connectivity index (χ1n) is 4.55. The van der Waals surface area contributed by atoms with Crippen molar-refractivity contribution in [1.29, 1.82) is 0 Å². The zero-order valence-electron chi connectivity index (χ0n) is 7.54. The molecule has 0 bridgehead atoms. The molecule has 0 fully saturated rings. The maximum Gasteiger partial charge on any atom is -0.00139 e. The smallest absolute Gasteiger partial charge is 0.00139 e. The van der Waals surface area contributed by atoms with Crippen LogP contribution in [0.4, 0.5) is 0 Å². The quantitative estimate of drug-likeness (QED) is 0.459. The SMILES string of the molecule is [c]1[c]c2cc3c[c]ccc3cc2cc1. The Hall–Kier alpha value is -1.82. The molecule has 0 aliphatic heterocycles. The van der Waals surface area contributed by atoms with Crippen molar-refractivity contribution in [3.63, 3.8) is 0 Å². The summed E-state index contributed by atoms with van der Waals surface area (Å²) in [5, 5.41) is 4.77. The molecular weight excluding hydrogens is 168 g/mol. The topological polar surface area (TPSA) is 0 Å². The van der Waals surface area contributed by atoms with E-state index in [-0.39, 0.29) is 0 Å². The van der Waals surface area contributed by atoms with Crippen molar-refractivity contribution in [2.75, 3.05) is 0 Å². The van der Waals surface area contributed by atoms with Gasteiger partial charge in [-0.1, -0.05) is 24.3 Å². The molecule has 0 heterocycles. The van der Waals surface area contributed by atoms with Crippen molar-refractivity contribution in [3.05, 3.63) is 60.7 Å². The van der Waals surface area contributed by atoms with Crippen LogP contribution in [0.1, 0.15) is 0 Å². The lowest BCUT2D eigenvalue weighted by molar-refractivity contribution is 1.74. The molecule has 3 aromatic carbocycles. The standard InChI is InChI=1S/C14H7/c1-2-6-12-10-14-8-4-3-7-13(14)9-11(12)5-1/h1,3,5-7,9-10H. The molecule has 0 aliphatic rings. The number of fused-ring (bicyclic) bond motifs is 2. The second-order valence-corrected chi connectivity index (χ2v) is 3.32. The molecule has 0 saturated heterocycles. The molecule has 0 aliphatic carbocycles. The Bertz CT molecular complexity index is 489. The second kappa shape index (κ2) is 2.85. The van der Waals surface area contributed by atoms with Gasteiger partial charge in [-0.05, 0) is 57.9 Å². The summed E-state index contributed by atoms with van der Waals surface area (Å²) in [4.78, 5) is 0. The Labute approximate surface area is 82.8 Å². The molecule has 0 aromatic heterocycles. The van der Waals surface area contributed by atoms with E-state index in [9.17, 15) is 0 Å². The van der Waals surface area contributed by atoms with Gasteiger partial charge >= 0.3 is 0 Å². The molecule has 0 nitrogen and oxygen atoms in total. The minimum Gasteiger partial charge on any atom is -0.0537 e. The molecule has 3 rings (SSSR count). The maximum atomic E-state index is 3.10. The second-order valence-electron chi connectivity index (χ2n) is 3.32. The van der Waals surface area contributed by atoms with Crippen LogP contribution < -0.4 is 0 Å². The fraction of sp³-hybridized carbons (Fsp3) is 0. The average molecular weight is 175 g/mol. The van der Waals surface area contributed by atoms with Crippen LogP contribution >= 0.6 is 0 Å². The molecule has 0 heteroatoms. The Morgan fingerprint density at radius 3 is 2.79 bits per heavy atom. The Morgan fingerprint density at radius 1 is 0.857 bits per heavy atom. The summed E-state index contributed by atoms with van der Waals surface area (Å²) in [7, 11) is 0. The highest BCUT2D eigenvalue weighted by Gasteiger charge is 1.95. The zero-order chi connectivity index (χ0) is 9.38. The van der Waals surface area contributed by atoms with Gasteiger partial charge in [0.15, 0.2) is 0 Å². The van der Waals surface area contributed by atoms with Crippen LogP contribution in [0.5, 0.6) is 0 Å². The molecule has 0 unspecified atom stereocenters. The predicted molar refractivity (Wildman–Crippen MR) is 58.0 cm³/mol. The molecule has 3 radical (unpaired) electrons. The van der Waals surface area contributed by atoms with Gasteiger partial charge in [-0.3, -0.25) is 0 Å². The number of benzene rings is 3. The Balaban J connectivity index is 2.52. The van der Waals surface area contributed by atoms with E-state index >= 15 is 0 Å². The van der Waals surface area contributed by atoms with Gasteiger partial charge < -0.3 is 0 Å². The summed E-state index contributed by atoms with van der Waals surface area (Å²) in [6, 6.07) is 23.4. The van der Waals surface area contributed by atoms with E-state index in [2.05, 4.69) is 42.5 Å². The molecule has 0 N–H and O–H groups in total. The molecule has 0 saturated carbocycles. The van der Waals surface area contributed by atoms with Crippen molar-refractivity contribution in [2.45, 2.75) is 0 Å². The van der Waals surface area contributed by atoms with Crippen LogP contribution in [0.25, 0.3) is 21.5 Å². The van der Waals surface area contributed by atoms with E-state index in [0.29, 0.717) is 0 Å². The first kappa shape index (κ1) is 7.57. The van der Waals surface area contributed by atoms with Gasteiger partial charge in [0.05, 0.1) is 0 Å². The van der Waals surface area contributed by atoms with Crippen LogP contribution in [-0.2, 0) is 0 Å². The van der Waals surface area contributed by atoms with Crippen molar-refractivity contribution in [1.82, 2.24) is 0 Å².